The highest BCUT2D eigenvalue weighted by Crippen LogP contribution is 2.70. The Bertz CT molecular complexity index is 1190. The molecule has 5 heteroatoms. The number of fused-ring (bicyclic) bond motifs is 2. The molecule has 1 spiro atoms. The van der Waals surface area contributed by atoms with Gasteiger partial charge in [0.05, 0.1) is 17.5 Å². The number of carboxylic acid groups (broad SMARTS) is 1. The summed E-state index contributed by atoms with van der Waals surface area (Å²) in [5, 5.41) is 9.97. The molecule has 1 fully saturated rings. The van der Waals surface area contributed by atoms with Crippen LogP contribution in [0.2, 0.25) is 5.02 Å². The quantitative estimate of drug-likeness (QED) is 0.636. The number of hydrogen-bond acceptors (Lipinski definition) is 2. The lowest BCUT2D eigenvalue weighted by atomic mass is 9.83. The fourth-order valence-electron chi connectivity index (χ4n) is 5.02. The summed E-state index contributed by atoms with van der Waals surface area (Å²) in [6.07, 6.45) is 0.739. The van der Waals surface area contributed by atoms with Crippen molar-refractivity contribution in [2.75, 3.05) is 4.90 Å². The van der Waals surface area contributed by atoms with E-state index in [9.17, 15) is 14.7 Å². The monoisotopic (exact) mass is 417 g/mol. The van der Waals surface area contributed by atoms with E-state index in [1.54, 1.807) is 23.1 Å². The van der Waals surface area contributed by atoms with Crippen LogP contribution in [0.25, 0.3) is 0 Å². The molecule has 3 aromatic rings. The van der Waals surface area contributed by atoms with E-state index in [-0.39, 0.29) is 16.9 Å². The minimum atomic E-state index is -0.973. The number of anilines is 1. The Kier molecular flexibility index (Phi) is 4.06. The molecule has 150 valence electrons. The maximum absolute atomic E-state index is 13.8. The van der Waals surface area contributed by atoms with E-state index in [0.717, 1.165) is 28.8 Å². The van der Waals surface area contributed by atoms with E-state index in [2.05, 4.69) is 6.92 Å². The largest absolute Gasteiger partial charge is 0.478 e. The van der Waals surface area contributed by atoms with Crippen LogP contribution in [0, 0.1) is 0 Å². The van der Waals surface area contributed by atoms with Crippen LogP contribution in [0.4, 0.5) is 5.69 Å². The maximum atomic E-state index is 13.8. The van der Waals surface area contributed by atoms with Crippen molar-refractivity contribution in [3.63, 3.8) is 0 Å². The second kappa shape index (κ2) is 6.44. The molecule has 0 radical (unpaired) electrons. The van der Waals surface area contributed by atoms with Crippen molar-refractivity contribution >= 4 is 29.2 Å². The van der Waals surface area contributed by atoms with Crippen molar-refractivity contribution in [3.05, 3.63) is 100 Å². The summed E-state index contributed by atoms with van der Waals surface area (Å²) < 4.78 is 0. The molecule has 0 bridgehead atoms. The first-order valence-electron chi connectivity index (χ1n) is 9.87. The lowest BCUT2D eigenvalue weighted by Crippen LogP contribution is -2.35. The Balaban J connectivity index is 1.55. The van der Waals surface area contributed by atoms with Crippen LogP contribution in [0.5, 0.6) is 0 Å². The summed E-state index contributed by atoms with van der Waals surface area (Å²) >= 11 is 6.07. The molecule has 2 aliphatic rings. The third kappa shape index (κ3) is 2.53. The summed E-state index contributed by atoms with van der Waals surface area (Å²) in [6.45, 7) is 2.48. The number of hydrogen-bond donors (Lipinski definition) is 1. The van der Waals surface area contributed by atoms with Gasteiger partial charge in [0, 0.05) is 16.1 Å². The van der Waals surface area contributed by atoms with Crippen molar-refractivity contribution in [3.8, 4) is 0 Å². The minimum absolute atomic E-state index is 0.0712. The Labute approximate surface area is 179 Å². The van der Waals surface area contributed by atoms with Crippen molar-refractivity contribution in [2.45, 2.75) is 30.7 Å². The first-order chi connectivity index (χ1) is 14.4. The topological polar surface area (TPSA) is 57.6 Å². The van der Waals surface area contributed by atoms with Crippen LogP contribution in [-0.2, 0) is 22.2 Å². The maximum Gasteiger partial charge on any atom is 0.335 e. The zero-order valence-corrected chi connectivity index (χ0v) is 17.2. The van der Waals surface area contributed by atoms with Gasteiger partial charge in [-0.25, -0.2) is 4.79 Å². The molecule has 1 heterocycles. The first-order valence-corrected chi connectivity index (χ1v) is 10.2. The van der Waals surface area contributed by atoms with Gasteiger partial charge in [0.2, 0.25) is 5.91 Å². The molecule has 2 atom stereocenters. The number of amides is 1. The Hall–Kier alpha value is -3.11. The zero-order valence-electron chi connectivity index (χ0n) is 16.4. The molecule has 1 amide bonds. The van der Waals surface area contributed by atoms with Crippen LogP contribution in [0.1, 0.15) is 40.4 Å². The van der Waals surface area contributed by atoms with E-state index in [1.807, 2.05) is 54.6 Å². The fourth-order valence-corrected chi connectivity index (χ4v) is 5.15. The number of aromatic carboxylic acids is 1. The average molecular weight is 418 g/mol. The van der Waals surface area contributed by atoms with Gasteiger partial charge in [0.15, 0.2) is 0 Å². The van der Waals surface area contributed by atoms with Crippen LogP contribution >= 0.6 is 11.6 Å². The minimum Gasteiger partial charge on any atom is -0.478 e. The van der Waals surface area contributed by atoms with Gasteiger partial charge in [0.25, 0.3) is 0 Å². The number of para-hydroxylation sites is 1. The van der Waals surface area contributed by atoms with Crippen molar-refractivity contribution in [1.29, 1.82) is 0 Å². The molecule has 30 heavy (non-hydrogen) atoms. The lowest BCUT2D eigenvalue weighted by Gasteiger charge is -2.21. The summed E-state index contributed by atoms with van der Waals surface area (Å²) in [4.78, 5) is 27.0. The number of halogens is 1. The number of carbonyl (C=O) groups is 2. The van der Waals surface area contributed by atoms with Gasteiger partial charge in [-0.15, -0.1) is 0 Å². The smallest absolute Gasteiger partial charge is 0.335 e. The second-order valence-electron chi connectivity index (χ2n) is 8.34. The fraction of sp³-hybridized carbons (Fsp3) is 0.200. The molecule has 4 nitrogen and oxygen atoms in total. The molecule has 5 rings (SSSR count). The molecule has 1 aliphatic carbocycles. The van der Waals surface area contributed by atoms with Gasteiger partial charge >= 0.3 is 5.97 Å². The summed E-state index contributed by atoms with van der Waals surface area (Å²) in [5.41, 5.74) is 3.17. The SMILES string of the molecule is C[C@]1(c2ccc(Cl)cc2)C[C@]12C(=O)N(Cc1cccc(C(=O)O)c1)c1ccccc12. The van der Waals surface area contributed by atoms with E-state index in [0.29, 0.717) is 11.6 Å². The van der Waals surface area contributed by atoms with E-state index < -0.39 is 11.4 Å². The van der Waals surface area contributed by atoms with E-state index in [4.69, 9.17) is 11.6 Å². The zero-order chi connectivity index (χ0) is 21.1. The summed E-state index contributed by atoms with van der Waals surface area (Å²) in [5.74, 6) is -0.902. The summed E-state index contributed by atoms with van der Waals surface area (Å²) in [6, 6.07) is 22.5. The standard InChI is InChI=1S/C25H20ClNO3/c1-24(18-9-11-19(26)12-10-18)15-25(24)20-7-2-3-8-21(20)27(23(25)30)14-16-5-4-6-17(13-16)22(28)29/h2-13H,14-15H2,1H3,(H,28,29)/t24-,25+/m1/s1. The number of benzene rings is 3. The molecule has 1 saturated carbocycles. The van der Waals surface area contributed by atoms with E-state index in [1.165, 1.54) is 0 Å². The molecule has 1 N–H and O–H groups in total. The van der Waals surface area contributed by atoms with Gasteiger partial charge in [-0.05, 0) is 53.4 Å². The third-order valence-corrected chi connectivity index (χ3v) is 6.95. The van der Waals surface area contributed by atoms with Gasteiger partial charge in [-0.3, -0.25) is 4.79 Å². The van der Waals surface area contributed by atoms with Gasteiger partial charge < -0.3 is 10.0 Å². The normalized spacial score (nSPS) is 24.2. The molecular formula is C25H20ClNO3. The van der Waals surface area contributed by atoms with Gasteiger partial charge in [0.1, 0.15) is 0 Å². The number of nitrogens with zero attached hydrogens (tertiary/aromatic N) is 1. The van der Waals surface area contributed by atoms with Gasteiger partial charge in [-0.2, -0.15) is 0 Å². The average Bonchev–Trinajstić information content (AvgIpc) is 3.33. The van der Waals surface area contributed by atoms with Crippen LogP contribution < -0.4 is 4.90 Å². The molecule has 1 aliphatic heterocycles. The Morgan fingerprint density at radius 3 is 2.53 bits per heavy atom. The van der Waals surface area contributed by atoms with Crippen molar-refractivity contribution in [2.24, 2.45) is 0 Å². The first kappa shape index (κ1) is 18.9. The number of carbonyl (C=O) groups excluding carboxylic acids is 1. The number of rotatable bonds is 4. The molecular weight excluding hydrogens is 398 g/mol. The highest BCUT2D eigenvalue weighted by molar-refractivity contribution is 6.30. The molecule has 0 aromatic heterocycles. The Morgan fingerprint density at radius 1 is 1.07 bits per heavy atom. The predicted molar refractivity (Wildman–Crippen MR) is 116 cm³/mol. The third-order valence-electron chi connectivity index (χ3n) is 6.70. The predicted octanol–water partition coefficient (Wildman–Crippen LogP) is 5.18. The Morgan fingerprint density at radius 2 is 1.80 bits per heavy atom. The summed E-state index contributed by atoms with van der Waals surface area (Å²) in [7, 11) is 0. The van der Waals surface area contributed by atoms with Crippen molar-refractivity contribution in [1.82, 2.24) is 0 Å². The van der Waals surface area contributed by atoms with Crippen molar-refractivity contribution < 1.29 is 14.7 Å². The molecule has 0 unspecified atom stereocenters. The highest BCUT2D eigenvalue weighted by Gasteiger charge is 2.74. The molecule has 0 saturated heterocycles. The van der Waals surface area contributed by atoms with Crippen LogP contribution in [0.3, 0.4) is 0 Å². The molecule has 3 aromatic carbocycles. The van der Waals surface area contributed by atoms with Crippen LogP contribution in [-0.4, -0.2) is 17.0 Å². The van der Waals surface area contributed by atoms with Gasteiger partial charge in [-0.1, -0.05) is 61.0 Å². The van der Waals surface area contributed by atoms with E-state index >= 15 is 0 Å². The highest BCUT2D eigenvalue weighted by atomic mass is 35.5. The second-order valence-corrected chi connectivity index (χ2v) is 8.77. The number of carboxylic acids is 1. The van der Waals surface area contributed by atoms with Crippen LogP contribution in [0.15, 0.2) is 72.8 Å². The lowest BCUT2D eigenvalue weighted by molar-refractivity contribution is -0.120.